The zero-order valence-corrected chi connectivity index (χ0v) is 20.8. The number of sulfonamides is 1. The van der Waals surface area contributed by atoms with Crippen LogP contribution in [0.2, 0.25) is 0 Å². The summed E-state index contributed by atoms with van der Waals surface area (Å²) in [5.74, 6) is -0.151. The number of unbranched alkanes of at least 4 members (excludes halogenated alkanes) is 5. The Labute approximate surface area is 203 Å². The molecular formula is C28H34N2O3S. The van der Waals surface area contributed by atoms with Crippen LogP contribution in [0.1, 0.15) is 66.9 Å². The van der Waals surface area contributed by atoms with E-state index in [2.05, 4.69) is 17.0 Å². The van der Waals surface area contributed by atoms with E-state index in [1.807, 2.05) is 25.1 Å². The van der Waals surface area contributed by atoms with E-state index >= 15 is 0 Å². The lowest BCUT2D eigenvalue weighted by atomic mass is 10.0. The molecule has 5 nitrogen and oxygen atoms in total. The van der Waals surface area contributed by atoms with Gasteiger partial charge in [0, 0.05) is 29.0 Å². The smallest absolute Gasteiger partial charge is 0.261 e. The highest BCUT2D eigenvalue weighted by atomic mass is 32.2. The number of aryl methyl sites for hydroxylation is 1. The fourth-order valence-corrected chi connectivity index (χ4v) is 4.80. The molecule has 0 heterocycles. The Bertz CT molecular complexity index is 1170. The Kier molecular flexibility index (Phi) is 9.28. The van der Waals surface area contributed by atoms with Gasteiger partial charge in [-0.1, -0.05) is 87.1 Å². The summed E-state index contributed by atoms with van der Waals surface area (Å²) < 4.78 is 28.3. The predicted molar refractivity (Wildman–Crippen MR) is 140 cm³/mol. The van der Waals surface area contributed by atoms with Crippen molar-refractivity contribution in [3.05, 3.63) is 89.5 Å². The average molecular weight is 479 g/mol. The molecule has 0 aliphatic carbocycles. The number of carbonyl (C=O) groups is 1. The molecule has 3 aromatic rings. The van der Waals surface area contributed by atoms with Crippen LogP contribution in [0.25, 0.3) is 0 Å². The minimum atomic E-state index is -3.76. The largest absolute Gasteiger partial charge is 0.384 e. The van der Waals surface area contributed by atoms with Gasteiger partial charge in [0.2, 0.25) is 0 Å². The van der Waals surface area contributed by atoms with Gasteiger partial charge < -0.3 is 5.32 Å². The van der Waals surface area contributed by atoms with Gasteiger partial charge in [0.05, 0.1) is 4.90 Å². The van der Waals surface area contributed by atoms with E-state index in [-0.39, 0.29) is 10.7 Å². The first kappa shape index (κ1) is 25.5. The lowest BCUT2D eigenvalue weighted by Crippen LogP contribution is -2.14. The molecule has 0 unspecified atom stereocenters. The van der Waals surface area contributed by atoms with Gasteiger partial charge in [0.1, 0.15) is 0 Å². The fraction of sp³-hybridized carbons (Fsp3) is 0.321. The third kappa shape index (κ3) is 7.19. The second kappa shape index (κ2) is 12.4. The minimum absolute atomic E-state index is 0.151. The second-order valence-corrected chi connectivity index (χ2v) is 10.3. The van der Waals surface area contributed by atoms with Crippen LogP contribution < -0.4 is 10.0 Å². The molecule has 2 N–H and O–H groups in total. The number of ketones is 1. The van der Waals surface area contributed by atoms with Crippen molar-refractivity contribution in [1.82, 2.24) is 0 Å². The molecule has 180 valence electrons. The average Bonchev–Trinajstić information content (AvgIpc) is 2.84. The van der Waals surface area contributed by atoms with Crippen LogP contribution in [0.4, 0.5) is 11.4 Å². The monoisotopic (exact) mass is 478 g/mol. The summed E-state index contributed by atoms with van der Waals surface area (Å²) in [5, 5.41) is 3.38. The van der Waals surface area contributed by atoms with Crippen LogP contribution in [-0.4, -0.2) is 20.7 Å². The first-order chi connectivity index (χ1) is 16.4. The molecule has 0 atom stereocenters. The molecule has 0 bridgehead atoms. The van der Waals surface area contributed by atoms with E-state index in [1.54, 1.807) is 54.6 Å². The normalized spacial score (nSPS) is 11.2. The minimum Gasteiger partial charge on any atom is -0.384 e. The molecule has 0 aliphatic rings. The summed E-state index contributed by atoms with van der Waals surface area (Å²) in [6, 6.07) is 20.8. The van der Waals surface area contributed by atoms with Crippen LogP contribution in [0.3, 0.4) is 0 Å². The van der Waals surface area contributed by atoms with Gasteiger partial charge >= 0.3 is 0 Å². The number of benzene rings is 3. The number of anilines is 2. The maximum atomic E-state index is 13.3. The van der Waals surface area contributed by atoms with Crippen molar-refractivity contribution in [2.75, 3.05) is 16.6 Å². The highest BCUT2D eigenvalue weighted by Crippen LogP contribution is 2.26. The molecule has 6 heteroatoms. The molecule has 0 saturated heterocycles. The summed E-state index contributed by atoms with van der Waals surface area (Å²) in [6.07, 6.45) is 7.12. The zero-order chi connectivity index (χ0) is 24.4. The van der Waals surface area contributed by atoms with Crippen molar-refractivity contribution < 1.29 is 13.2 Å². The second-order valence-electron chi connectivity index (χ2n) is 8.57. The van der Waals surface area contributed by atoms with Gasteiger partial charge in [-0.25, -0.2) is 8.42 Å². The third-order valence-corrected chi connectivity index (χ3v) is 7.13. The zero-order valence-electron chi connectivity index (χ0n) is 20.0. The van der Waals surface area contributed by atoms with Gasteiger partial charge in [-0.15, -0.1) is 0 Å². The molecule has 0 fully saturated rings. The van der Waals surface area contributed by atoms with Crippen LogP contribution in [0.5, 0.6) is 0 Å². The van der Waals surface area contributed by atoms with Gasteiger partial charge in [-0.3, -0.25) is 9.52 Å². The van der Waals surface area contributed by atoms with Gasteiger partial charge in [-0.05, 0) is 43.7 Å². The van der Waals surface area contributed by atoms with Crippen molar-refractivity contribution in [1.29, 1.82) is 0 Å². The fourth-order valence-electron chi connectivity index (χ4n) is 3.75. The number of rotatable bonds is 13. The van der Waals surface area contributed by atoms with E-state index in [9.17, 15) is 13.2 Å². The van der Waals surface area contributed by atoms with Crippen molar-refractivity contribution in [3.63, 3.8) is 0 Å². The van der Waals surface area contributed by atoms with Crippen molar-refractivity contribution in [3.8, 4) is 0 Å². The lowest BCUT2D eigenvalue weighted by molar-refractivity contribution is 0.103. The van der Waals surface area contributed by atoms with E-state index in [4.69, 9.17) is 0 Å². The summed E-state index contributed by atoms with van der Waals surface area (Å²) in [6.45, 7) is 4.87. The Morgan fingerprint density at radius 2 is 1.50 bits per heavy atom. The summed E-state index contributed by atoms with van der Waals surface area (Å²) in [4.78, 5) is 13.5. The van der Waals surface area contributed by atoms with Crippen LogP contribution in [-0.2, 0) is 10.0 Å². The van der Waals surface area contributed by atoms with Crippen LogP contribution in [0.15, 0.2) is 77.7 Å². The summed E-state index contributed by atoms with van der Waals surface area (Å²) in [7, 11) is -3.76. The van der Waals surface area contributed by atoms with E-state index in [0.29, 0.717) is 22.5 Å². The van der Waals surface area contributed by atoms with E-state index < -0.39 is 10.0 Å². The van der Waals surface area contributed by atoms with E-state index in [1.165, 1.54) is 25.7 Å². The maximum Gasteiger partial charge on any atom is 0.261 e. The summed E-state index contributed by atoms with van der Waals surface area (Å²) in [5.41, 5.74) is 3.05. The Hall–Kier alpha value is -3.12. The Balaban J connectivity index is 1.79. The molecule has 0 radical (unpaired) electrons. The highest BCUT2D eigenvalue weighted by Gasteiger charge is 2.18. The molecular weight excluding hydrogens is 444 g/mol. The first-order valence-corrected chi connectivity index (χ1v) is 13.5. The van der Waals surface area contributed by atoms with Gasteiger partial charge in [-0.2, -0.15) is 0 Å². The molecule has 0 amide bonds. The van der Waals surface area contributed by atoms with Crippen molar-refractivity contribution >= 4 is 27.2 Å². The highest BCUT2D eigenvalue weighted by molar-refractivity contribution is 7.92. The van der Waals surface area contributed by atoms with E-state index in [0.717, 1.165) is 24.9 Å². The quantitative estimate of drug-likeness (QED) is 0.209. The van der Waals surface area contributed by atoms with Crippen molar-refractivity contribution in [2.24, 2.45) is 0 Å². The number of hydrogen-bond donors (Lipinski definition) is 2. The molecule has 0 spiro atoms. The predicted octanol–water partition coefficient (Wildman–Crippen LogP) is 6.80. The number of nitrogens with one attached hydrogen (secondary N) is 2. The Morgan fingerprint density at radius 1 is 0.824 bits per heavy atom. The summed E-state index contributed by atoms with van der Waals surface area (Å²) >= 11 is 0. The molecule has 0 saturated carbocycles. The number of hydrogen-bond acceptors (Lipinski definition) is 4. The molecule has 0 aliphatic heterocycles. The van der Waals surface area contributed by atoms with Crippen LogP contribution in [0, 0.1) is 6.92 Å². The standard InChI is InChI=1S/C28H34N2O3S/c1-3-4-5-6-7-11-20-29-27-19-16-24(21-26(27)28(31)23-12-9-8-10-13-23)30-34(32,33)25-17-14-22(2)15-18-25/h8-10,12-19,21,29-30H,3-7,11,20H2,1-2H3. The third-order valence-electron chi connectivity index (χ3n) is 5.73. The molecule has 3 rings (SSSR count). The Morgan fingerprint density at radius 3 is 2.21 bits per heavy atom. The first-order valence-electron chi connectivity index (χ1n) is 12.0. The number of carbonyl (C=O) groups excluding carboxylic acids is 1. The van der Waals surface area contributed by atoms with Gasteiger partial charge in [0.25, 0.3) is 10.0 Å². The molecule has 0 aromatic heterocycles. The van der Waals surface area contributed by atoms with Gasteiger partial charge in [0.15, 0.2) is 5.78 Å². The SMILES string of the molecule is CCCCCCCCNc1ccc(NS(=O)(=O)c2ccc(C)cc2)cc1C(=O)c1ccccc1. The topological polar surface area (TPSA) is 75.3 Å². The molecule has 3 aromatic carbocycles. The maximum absolute atomic E-state index is 13.3. The van der Waals surface area contributed by atoms with Crippen LogP contribution >= 0.6 is 0 Å². The lowest BCUT2D eigenvalue weighted by Gasteiger charge is -2.15. The van der Waals surface area contributed by atoms with Crippen molar-refractivity contribution in [2.45, 2.75) is 57.3 Å². The molecule has 34 heavy (non-hydrogen) atoms.